The fourth-order valence-corrected chi connectivity index (χ4v) is 4.08. The molecule has 92 valence electrons. The van der Waals surface area contributed by atoms with Crippen molar-refractivity contribution >= 4 is 33.0 Å². The van der Waals surface area contributed by atoms with Crippen LogP contribution >= 0.6 is 27.3 Å². The van der Waals surface area contributed by atoms with Gasteiger partial charge in [-0.1, -0.05) is 24.3 Å². The Hall–Kier alpha value is -0.930. The molecule has 1 unspecified atom stereocenters. The standard InChI is InChI=1S/C15H13BrOS/c16-14-9-18-8-13(14)15(17)12-6-5-10-3-1-2-4-11(10)7-12/h1-4,8-9,12H,5-7H2. The molecule has 0 saturated carbocycles. The number of ketones is 1. The molecule has 3 rings (SSSR count). The summed E-state index contributed by atoms with van der Waals surface area (Å²) in [6.45, 7) is 0. The summed E-state index contributed by atoms with van der Waals surface area (Å²) in [6, 6.07) is 8.47. The third-order valence-electron chi connectivity index (χ3n) is 3.60. The average Bonchev–Trinajstić information content (AvgIpc) is 2.83. The third-order valence-corrected chi connectivity index (χ3v) is 5.30. The van der Waals surface area contributed by atoms with Crippen LogP contribution in [0.1, 0.15) is 27.9 Å². The number of Topliss-reactive ketones (excluding diaryl/α,β-unsaturated/α-hetero) is 1. The van der Waals surface area contributed by atoms with Crippen LogP contribution in [0.2, 0.25) is 0 Å². The van der Waals surface area contributed by atoms with E-state index in [2.05, 4.69) is 40.2 Å². The van der Waals surface area contributed by atoms with Crippen molar-refractivity contribution in [2.75, 3.05) is 0 Å². The first kappa shape index (κ1) is 12.1. The lowest BCUT2D eigenvalue weighted by Crippen LogP contribution is -2.22. The van der Waals surface area contributed by atoms with Gasteiger partial charge in [0.25, 0.3) is 0 Å². The number of carbonyl (C=O) groups excluding carboxylic acids is 1. The summed E-state index contributed by atoms with van der Waals surface area (Å²) in [4.78, 5) is 12.5. The molecule has 0 spiro atoms. The van der Waals surface area contributed by atoms with Crippen molar-refractivity contribution in [3.63, 3.8) is 0 Å². The molecule has 0 saturated heterocycles. The molecule has 1 aromatic heterocycles. The van der Waals surface area contributed by atoms with Gasteiger partial charge in [-0.15, -0.1) is 0 Å². The molecule has 0 amide bonds. The Kier molecular flexibility index (Phi) is 3.35. The average molecular weight is 321 g/mol. The molecule has 1 atom stereocenters. The van der Waals surface area contributed by atoms with Crippen molar-refractivity contribution in [1.82, 2.24) is 0 Å². The van der Waals surface area contributed by atoms with Crippen LogP contribution in [-0.4, -0.2) is 5.78 Å². The van der Waals surface area contributed by atoms with Crippen molar-refractivity contribution in [2.24, 2.45) is 5.92 Å². The van der Waals surface area contributed by atoms with Crippen molar-refractivity contribution in [2.45, 2.75) is 19.3 Å². The van der Waals surface area contributed by atoms with Gasteiger partial charge in [0.1, 0.15) is 0 Å². The van der Waals surface area contributed by atoms with E-state index in [-0.39, 0.29) is 11.7 Å². The highest BCUT2D eigenvalue weighted by Crippen LogP contribution is 2.31. The van der Waals surface area contributed by atoms with E-state index in [1.807, 2.05) is 10.8 Å². The maximum atomic E-state index is 12.5. The minimum absolute atomic E-state index is 0.144. The van der Waals surface area contributed by atoms with Crippen molar-refractivity contribution in [3.05, 3.63) is 56.2 Å². The molecule has 1 aliphatic rings. The van der Waals surface area contributed by atoms with E-state index in [9.17, 15) is 4.79 Å². The van der Waals surface area contributed by atoms with E-state index >= 15 is 0 Å². The first-order chi connectivity index (χ1) is 8.75. The molecule has 0 N–H and O–H groups in total. The van der Waals surface area contributed by atoms with Gasteiger partial charge >= 0.3 is 0 Å². The summed E-state index contributed by atoms with van der Waals surface area (Å²) in [5, 5.41) is 3.93. The summed E-state index contributed by atoms with van der Waals surface area (Å²) in [5.41, 5.74) is 3.60. The lowest BCUT2D eigenvalue weighted by Gasteiger charge is -2.23. The highest BCUT2D eigenvalue weighted by Gasteiger charge is 2.26. The van der Waals surface area contributed by atoms with E-state index in [0.29, 0.717) is 0 Å². The van der Waals surface area contributed by atoms with Gasteiger partial charge in [0.2, 0.25) is 0 Å². The topological polar surface area (TPSA) is 17.1 Å². The summed E-state index contributed by atoms with van der Waals surface area (Å²) in [5.74, 6) is 0.434. The predicted molar refractivity (Wildman–Crippen MR) is 78.3 cm³/mol. The maximum Gasteiger partial charge on any atom is 0.168 e. The van der Waals surface area contributed by atoms with Gasteiger partial charge in [-0.2, -0.15) is 11.3 Å². The second-order valence-corrected chi connectivity index (χ2v) is 6.30. The molecule has 3 heteroatoms. The number of hydrogen-bond donors (Lipinski definition) is 0. The molecule has 0 radical (unpaired) electrons. The number of rotatable bonds is 2. The number of thiophene rings is 1. The van der Waals surface area contributed by atoms with E-state index in [1.165, 1.54) is 11.1 Å². The zero-order valence-electron chi connectivity index (χ0n) is 9.86. The Labute approximate surface area is 119 Å². The summed E-state index contributed by atoms with van der Waals surface area (Å²) < 4.78 is 0.941. The predicted octanol–water partition coefficient (Wildman–Crippen LogP) is 4.50. The summed E-state index contributed by atoms with van der Waals surface area (Å²) >= 11 is 5.03. The van der Waals surface area contributed by atoms with Crippen LogP contribution in [0.5, 0.6) is 0 Å². The molecular weight excluding hydrogens is 308 g/mol. The Morgan fingerprint density at radius 2 is 2.00 bits per heavy atom. The number of carbonyl (C=O) groups is 1. The van der Waals surface area contributed by atoms with Gasteiger partial charge in [0, 0.05) is 26.7 Å². The lowest BCUT2D eigenvalue weighted by atomic mass is 9.80. The smallest absolute Gasteiger partial charge is 0.168 e. The number of fused-ring (bicyclic) bond motifs is 1. The Balaban J connectivity index is 1.84. The van der Waals surface area contributed by atoms with Crippen molar-refractivity contribution in [1.29, 1.82) is 0 Å². The molecular formula is C15H13BrOS. The first-order valence-electron chi connectivity index (χ1n) is 6.08. The fraction of sp³-hybridized carbons (Fsp3) is 0.267. The number of aryl methyl sites for hydroxylation is 1. The molecule has 0 fully saturated rings. The monoisotopic (exact) mass is 320 g/mol. The molecule has 2 aromatic rings. The Bertz CT molecular complexity index is 588. The zero-order chi connectivity index (χ0) is 12.5. The molecule has 1 nitrogen and oxygen atoms in total. The summed E-state index contributed by atoms with van der Waals surface area (Å²) in [7, 11) is 0. The van der Waals surface area contributed by atoms with Crippen LogP contribution in [0.4, 0.5) is 0 Å². The van der Waals surface area contributed by atoms with E-state index < -0.39 is 0 Å². The van der Waals surface area contributed by atoms with Gasteiger partial charge in [0.05, 0.1) is 0 Å². The third kappa shape index (κ3) is 2.17. The minimum atomic E-state index is 0.144. The Morgan fingerprint density at radius 1 is 1.22 bits per heavy atom. The molecule has 18 heavy (non-hydrogen) atoms. The molecule has 1 heterocycles. The normalized spacial score (nSPS) is 18.4. The fourth-order valence-electron chi connectivity index (χ4n) is 2.60. The van der Waals surface area contributed by atoms with E-state index in [1.54, 1.807) is 11.3 Å². The van der Waals surface area contributed by atoms with Crippen LogP contribution in [0.15, 0.2) is 39.5 Å². The second kappa shape index (κ2) is 4.98. The van der Waals surface area contributed by atoms with Gasteiger partial charge in [-0.25, -0.2) is 0 Å². The van der Waals surface area contributed by atoms with Crippen molar-refractivity contribution in [3.8, 4) is 0 Å². The zero-order valence-corrected chi connectivity index (χ0v) is 12.3. The van der Waals surface area contributed by atoms with Gasteiger partial charge in [-0.3, -0.25) is 4.79 Å². The van der Waals surface area contributed by atoms with Gasteiger partial charge in [-0.05, 0) is 46.3 Å². The van der Waals surface area contributed by atoms with Crippen LogP contribution in [0.25, 0.3) is 0 Å². The van der Waals surface area contributed by atoms with Crippen molar-refractivity contribution < 1.29 is 4.79 Å². The van der Waals surface area contributed by atoms with Crippen LogP contribution in [0, 0.1) is 5.92 Å². The highest BCUT2D eigenvalue weighted by molar-refractivity contribution is 9.10. The van der Waals surface area contributed by atoms with Gasteiger partial charge in [0.15, 0.2) is 5.78 Å². The number of hydrogen-bond acceptors (Lipinski definition) is 2. The van der Waals surface area contributed by atoms with E-state index in [4.69, 9.17) is 0 Å². The molecule has 0 bridgehead atoms. The van der Waals surface area contributed by atoms with Crippen LogP contribution in [0.3, 0.4) is 0 Å². The number of halogens is 1. The first-order valence-corrected chi connectivity index (χ1v) is 7.82. The quantitative estimate of drug-likeness (QED) is 0.745. The van der Waals surface area contributed by atoms with Gasteiger partial charge < -0.3 is 0 Å². The minimum Gasteiger partial charge on any atom is -0.294 e. The second-order valence-electron chi connectivity index (χ2n) is 4.71. The van der Waals surface area contributed by atoms with E-state index in [0.717, 1.165) is 29.3 Å². The molecule has 0 aliphatic heterocycles. The lowest BCUT2D eigenvalue weighted by molar-refractivity contribution is 0.0908. The number of benzene rings is 1. The summed E-state index contributed by atoms with van der Waals surface area (Å²) in [6.07, 6.45) is 2.88. The van der Waals surface area contributed by atoms with Crippen LogP contribution < -0.4 is 0 Å². The van der Waals surface area contributed by atoms with Crippen LogP contribution in [-0.2, 0) is 12.8 Å². The SMILES string of the molecule is O=C(c1cscc1Br)C1CCc2ccccc2C1. The maximum absolute atomic E-state index is 12.5. The highest BCUT2D eigenvalue weighted by atomic mass is 79.9. The Morgan fingerprint density at radius 3 is 2.72 bits per heavy atom. The molecule has 1 aromatic carbocycles. The molecule has 1 aliphatic carbocycles. The largest absolute Gasteiger partial charge is 0.294 e.